The smallest absolute Gasteiger partial charge is 0.123 e. The highest BCUT2D eigenvalue weighted by molar-refractivity contribution is 5.97. The highest BCUT2D eigenvalue weighted by Gasteiger charge is 2.11. The summed E-state index contributed by atoms with van der Waals surface area (Å²) in [5.41, 5.74) is 1.03. The Morgan fingerprint density at radius 3 is 2.84 bits per heavy atom. The summed E-state index contributed by atoms with van der Waals surface area (Å²) in [7, 11) is 0. The number of fused-ring (bicyclic) bond motifs is 1. The fraction of sp³-hybridized carbons (Fsp3) is 0.250. The lowest BCUT2D eigenvalue weighted by Crippen LogP contribution is -2.23. The number of phenolic OH excluding ortho intramolecular Hbond substituents is 1. The molecule has 1 aliphatic rings. The van der Waals surface area contributed by atoms with Crippen LogP contribution >= 0.6 is 0 Å². The summed E-state index contributed by atoms with van der Waals surface area (Å²) >= 11 is 0. The number of phenols is 1. The molecule has 3 rings (SSSR count). The molecule has 1 unspecified atom stereocenters. The molecule has 19 heavy (non-hydrogen) atoms. The van der Waals surface area contributed by atoms with Gasteiger partial charge in [-0.15, -0.1) is 0 Å². The maximum absolute atomic E-state index is 9.85. The summed E-state index contributed by atoms with van der Waals surface area (Å²) in [4.78, 5) is 0. The van der Waals surface area contributed by atoms with E-state index < -0.39 is 0 Å². The number of aromatic hydroxyl groups is 1. The largest absolute Gasteiger partial charge is 0.507 e. The van der Waals surface area contributed by atoms with Gasteiger partial charge in [0.25, 0.3) is 0 Å². The fourth-order valence-corrected chi connectivity index (χ4v) is 2.41. The van der Waals surface area contributed by atoms with Crippen molar-refractivity contribution in [2.24, 2.45) is 0 Å². The molecule has 2 N–H and O–H groups in total. The molecule has 2 aromatic rings. The number of anilines is 1. The van der Waals surface area contributed by atoms with Crippen LogP contribution in [0.15, 0.2) is 48.7 Å². The summed E-state index contributed by atoms with van der Waals surface area (Å²) in [5, 5.41) is 15.2. The molecule has 0 aromatic heterocycles. The molecule has 0 bridgehead atoms. The first-order valence-corrected chi connectivity index (χ1v) is 6.59. The van der Waals surface area contributed by atoms with Crippen LogP contribution in [0, 0.1) is 0 Å². The van der Waals surface area contributed by atoms with Crippen LogP contribution in [-0.2, 0) is 4.74 Å². The molecular formula is C16H17NO2. The van der Waals surface area contributed by atoms with Crippen molar-refractivity contribution in [1.29, 1.82) is 0 Å². The fourth-order valence-electron chi connectivity index (χ4n) is 2.41. The van der Waals surface area contributed by atoms with Crippen molar-refractivity contribution in [1.82, 2.24) is 0 Å². The van der Waals surface area contributed by atoms with Gasteiger partial charge in [0.15, 0.2) is 0 Å². The van der Waals surface area contributed by atoms with Crippen molar-refractivity contribution in [2.75, 3.05) is 11.9 Å². The molecule has 0 fully saturated rings. The van der Waals surface area contributed by atoms with Crippen LogP contribution in [0.3, 0.4) is 0 Å². The van der Waals surface area contributed by atoms with E-state index >= 15 is 0 Å². The minimum absolute atomic E-state index is 0.220. The molecule has 1 atom stereocenters. The van der Waals surface area contributed by atoms with Crippen LogP contribution in [0.2, 0.25) is 0 Å². The lowest BCUT2D eigenvalue weighted by molar-refractivity contribution is 0.135. The summed E-state index contributed by atoms with van der Waals surface area (Å²) in [6, 6.07) is 11.5. The summed E-state index contributed by atoms with van der Waals surface area (Å²) in [6.07, 6.45) is 6.16. The number of hydrogen-bond donors (Lipinski definition) is 2. The predicted molar refractivity (Wildman–Crippen MR) is 77.3 cm³/mol. The van der Waals surface area contributed by atoms with Gasteiger partial charge in [-0.3, -0.25) is 0 Å². The minimum Gasteiger partial charge on any atom is -0.507 e. The second kappa shape index (κ2) is 5.22. The number of rotatable bonds is 3. The molecule has 0 saturated heterocycles. The van der Waals surface area contributed by atoms with Crippen molar-refractivity contribution in [3.05, 3.63) is 48.7 Å². The summed E-state index contributed by atoms with van der Waals surface area (Å²) in [6.45, 7) is 0.777. The monoisotopic (exact) mass is 255 g/mol. The predicted octanol–water partition coefficient (Wildman–Crippen LogP) is 3.65. The van der Waals surface area contributed by atoms with Gasteiger partial charge in [0.1, 0.15) is 11.9 Å². The van der Waals surface area contributed by atoms with Gasteiger partial charge in [0, 0.05) is 16.5 Å². The Balaban J connectivity index is 1.81. The van der Waals surface area contributed by atoms with Crippen LogP contribution in [0.4, 0.5) is 5.69 Å². The van der Waals surface area contributed by atoms with Crippen molar-refractivity contribution in [2.45, 2.75) is 18.9 Å². The van der Waals surface area contributed by atoms with E-state index in [1.807, 2.05) is 36.4 Å². The Morgan fingerprint density at radius 1 is 1.16 bits per heavy atom. The molecule has 98 valence electrons. The molecule has 1 heterocycles. The van der Waals surface area contributed by atoms with E-state index in [-0.39, 0.29) is 6.10 Å². The Hall–Kier alpha value is -2.16. The van der Waals surface area contributed by atoms with Crippen LogP contribution in [0.25, 0.3) is 10.8 Å². The van der Waals surface area contributed by atoms with Crippen LogP contribution in [-0.4, -0.2) is 17.8 Å². The van der Waals surface area contributed by atoms with E-state index in [0.717, 1.165) is 35.8 Å². The third kappa shape index (κ3) is 2.50. The van der Waals surface area contributed by atoms with Gasteiger partial charge < -0.3 is 15.2 Å². The molecule has 0 amide bonds. The topological polar surface area (TPSA) is 41.5 Å². The number of allylic oxidation sites excluding steroid dienone is 1. The third-order valence-corrected chi connectivity index (χ3v) is 3.44. The molecule has 0 radical (unpaired) electrons. The number of hydrogen-bond acceptors (Lipinski definition) is 3. The van der Waals surface area contributed by atoms with E-state index in [9.17, 15) is 5.11 Å². The highest BCUT2D eigenvalue weighted by Crippen LogP contribution is 2.29. The van der Waals surface area contributed by atoms with Crippen molar-refractivity contribution >= 4 is 16.5 Å². The highest BCUT2D eigenvalue weighted by atomic mass is 16.5. The van der Waals surface area contributed by atoms with E-state index in [4.69, 9.17) is 4.74 Å². The van der Waals surface area contributed by atoms with Crippen LogP contribution in [0.5, 0.6) is 5.75 Å². The quantitative estimate of drug-likeness (QED) is 0.879. The van der Waals surface area contributed by atoms with E-state index in [2.05, 4.69) is 5.32 Å². The minimum atomic E-state index is 0.220. The van der Waals surface area contributed by atoms with Crippen molar-refractivity contribution < 1.29 is 9.84 Å². The zero-order chi connectivity index (χ0) is 13.1. The lowest BCUT2D eigenvalue weighted by atomic mass is 10.1. The summed E-state index contributed by atoms with van der Waals surface area (Å²) in [5.74, 6) is 0.318. The Bertz CT molecular complexity index is 607. The zero-order valence-electron chi connectivity index (χ0n) is 10.7. The van der Waals surface area contributed by atoms with E-state index in [1.165, 1.54) is 0 Å². The Morgan fingerprint density at radius 2 is 2.00 bits per heavy atom. The summed E-state index contributed by atoms with van der Waals surface area (Å²) < 4.78 is 5.54. The maximum atomic E-state index is 9.85. The van der Waals surface area contributed by atoms with Gasteiger partial charge in [-0.2, -0.15) is 0 Å². The third-order valence-electron chi connectivity index (χ3n) is 3.44. The van der Waals surface area contributed by atoms with Gasteiger partial charge >= 0.3 is 0 Å². The number of benzene rings is 2. The van der Waals surface area contributed by atoms with Gasteiger partial charge in [-0.05, 0) is 31.1 Å². The van der Waals surface area contributed by atoms with Crippen LogP contribution < -0.4 is 5.32 Å². The Kier molecular flexibility index (Phi) is 3.27. The van der Waals surface area contributed by atoms with Crippen molar-refractivity contribution in [3.63, 3.8) is 0 Å². The SMILES string of the molecule is Oc1cccc2c(NCC3CCC=CO3)cccc12. The van der Waals surface area contributed by atoms with E-state index in [1.54, 1.807) is 12.3 Å². The second-order valence-electron chi connectivity index (χ2n) is 4.77. The Labute approximate surface area is 112 Å². The standard InChI is InChI=1S/C16H17NO2/c18-16-9-4-6-13-14(16)7-3-8-15(13)17-11-12-5-1-2-10-19-12/h2-4,6-10,12,17-18H,1,5,11H2. The van der Waals surface area contributed by atoms with Gasteiger partial charge in [-0.25, -0.2) is 0 Å². The first-order valence-electron chi connectivity index (χ1n) is 6.59. The maximum Gasteiger partial charge on any atom is 0.123 e. The molecule has 0 aliphatic carbocycles. The molecule has 3 heteroatoms. The van der Waals surface area contributed by atoms with Gasteiger partial charge in [0.2, 0.25) is 0 Å². The molecule has 0 spiro atoms. The van der Waals surface area contributed by atoms with Crippen LogP contribution in [0.1, 0.15) is 12.8 Å². The average molecular weight is 255 g/mol. The first kappa shape index (κ1) is 11.9. The second-order valence-corrected chi connectivity index (χ2v) is 4.77. The zero-order valence-corrected chi connectivity index (χ0v) is 10.7. The first-order chi connectivity index (χ1) is 9.34. The van der Waals surface area contributed by atoms with E-state index in [0.29, 0.717) is 5.75 Å². The molecule has 1 aliphatic heterocycles. The van der Waals surface area contributed by atoms with Crippen molar-refractivity contribution in [3.8, 4) is 5.75 Å². The average Bonchev–Trinajstić information content (AvgIpc) is 2.47. The molecule has 2 aromatic carbocycles. The molecule has 3 nitrogen and oxygen atoms in total. The number of nitrogens with one attached hydrogen (secondary N) is 1. The van der Waals surface area contributed by atoms with Gasteiger partial charge in [0.05, 0.1) is 12.8 Å². The normalized spacial score (nSPS) is 18.2. The number of ether oxygens (including phenoxy) is 1. The molecule has 0 saturated carbocycles. The van der Waals surface area contributed by atoms with Gasteiger partial charge in [-0.1, -0.05) is 24.3 Å². The molecular weight excluding hydrogens is 238 g/mol. The lowest BCUT2D eigenvalue weighted by Gasteiger charge is -2.20.